The average Bonchev–Trinajstić information content (AvgIpc) is 1.19. The first kappa shape index (κ1) is 78.3. The molecule has 6 atom stereocenters. The van der Waals surface area contributed by atoms with Crippen molar-refractivity contribution in [3.8, 4) is 34.5 Å². The number of rotatable bonds is 12. The van der Waals surface area contributed by atoms with Gasteiger partial charge in [0.05, 0.1) is 36.3 Å². The van der Waals surface area contributed by atoms with Gasteiger partial charge in [-0.2, -0.15) is 0 Å². The van der Waals surface area contributed by atoms with Crippen molar-refractivity contribution in [1.82, 2.24) is 0 Å². The van der Waals surface area contributed by atoms with Crippen LogP contribution in [0.25, 0.3) is 0 Å². The molecular weight excluding hydrogens is 1390 g/mol. The average molecular weight is 1450 g/mol. The van der Waals surface area contributed by atoms with Gasteiger partial charge in [-0.05, 0) is 150 Å². The molecule has 3 fully saturated rings. The van der Waals surface area contributed by atoms with Crippen LogP contribution in [-0.4, -0.2) is 70.5 Å². The summed E-state index contributed by atoms with van der Waals surface area (Å²) in [5.41, 5.74) is 0.145. The van der Waals surface area contributed by atoms with Crippen LogP contribution in [0.3, 0.4) is 0 Å². The van der Waals surface area contributed by atoms with Gasteiger partial charge in [0, 0.05) is 70.7 Å². The van der Waals surface area contributed by atoms with Crippen LogP contribution in [0.5, 0.6) is 34.5 Å². The molecule has 6 aromatic carbocycles. The standard InChI is InChI=1S/3C22H22F4N2O2.3Cu/c3*1-11(15-7-13(23)9-17(25)21(15)29)27-19-5-3-4-6-20(19)28-12(2)16-8-14(24)10-18(26)22(16)30;;;/h3*7-10,19-20,29-30H,3-6H2,1-2H3;;;/q;;;3*+2/p-6/t3*19-,20-;;;/m111.../s1. The normalized spacial score (nSPS) is 19.8. The quantitative estimate of drug-likeness (QED) is 0.0660. The number of benzene rings is 6. The van der Waals surface area contributed by atoms with Gasteiger partial charge in [-0.25, -0.2) is 52.7 Å². The third-order valence-electron chi connectivity index (χ3n) is 15.6. The van der Waals surface area contributed by atoms with Crippen molar-refractivity contribution in [2.24, 2.45) is 30.0 Å². The van der Waals surface area contributed by atoms with E-state index >= 15 is 0 Å². The monoisotopic (exact) mass is 1450 g/mol. The zero-order chi connectivity index (χ0) is 66.0. The summed E-state index contributed by atoms with van der Waals surface area (Å²) in [6.45, 7) is 8.97. The number of hydrogen-bond donors (Lipinski definition) is 0. The Labute approximate surface area is 561 Å². The molecule has 6 aromatic rings. The van der Waals surface area contributed by atoms with Crippen LogP contribution in [0.2, 0.25) is 0 Å². The second-order valence-electron chi connectivity index (χ2n) is 22.1. The molecule has 0 unspecified atom stereocenters. The number of aliphatic imine (C=N–C) groups is 6. The van der Waals surface area contributed by atoms with Crippen molar-refractivity contribution in [1.29, 1.82) is 0 Å². The van der Waals surface area contributed by atoms with Gasteiger partial charge in [0.25, 0.3) is 0 Å². The van der Waals surface area contributed by atoms with Crippen LogP contribution in [0.15, 0.2) is 103 Å². The van der Waals surface area contributed by atoms with Crippen molar-refractivity contribution >= 4 is 34.3 Å². The summed E-state index contributed by atoms with van der Waals surface area (Å²) in [5, 5.41) is 72.0. The molecule has 0 amide bonds. The first-order valence-electron chi connectivity index (χ1n) is 28.8. The van der Waals surface area contributed by atoms with Gasteiger partial charge in [0.2, 0.25) is 0 Å². The minimum absolute atomic E-state index is 0. The van der Waals surface area contributed by atoms with E-state index in [2.05, 4.69) is 30.0 Å². The molecule has 507 valence electrons. The summed E-state index contributed by atoms with van der Waals surface area (Å²) in [7, 11) is 0. The molecule has 0 saturated heterocycles. The van der Waals surface area contributed by atoms with Crippen molar-refractivity contribution in [2.75, 3.05) is 0 Å². The maximum absolute atomic E-state index is 13.6. The largest absolute Gasteiger partial charge is 2.00 e. The smallest absolute Gasteiger partial charge is 0.870 e. The summed E-state index contributed by atoms with van der Waals surface area (Å²) in [5.74, 6) is -18.0. The van der Waals surface area contributed by atoms with E-state index < -0.39 is 141 Å². The third kappa shape index (κ3) is 20.2. The van der Waals surface area contributed by atoms with Crippen molar-refractivity contribution in [3.05, 3.63) is 176 Å². The van der Waals surface area contributed by atoms with Gasteiger partial charge in [-0.15, -0.1) is 0 Å². The minimum atomic E-state index is -1.19. The van der Waals surface area contributed by atoms with Gasteiger partial charge in [0.1, 0.15) is 69.8 Å². The van der Waals surface area contributed by atoms with Gasteiger partial charge >= 0.3 is 51.2 Å². The Morgan fingerprint density at radius 1 is 0.247 bits per heavy atom. The third-order valence-corrected chi connectivity index (χ3v) is 15.6. The number of halogens is 12. The first-order valence-corrected chi connectivity index (χ1v) is 28.8. The van der Waals surface area contributed by atoms with Crippen LogP contribution >= 0.6 is 0 Å². The second kappa shape index (κ2) is 34.8. The van der Waals surface area contributed by atoms with Gasteiger partial charge in [0.15, 0.2) is 0 Å². The zero-order valence-electron chi connectivity index (χ0n) is 50.5. The predicted molar refractivity (Wildman–Crippen MR) is 306 cm³/mol. The van der Waals surface area contributed by atoms with Crippen molar-refractivity contribution in [3.63, 3.8) is 0 Å². The summed E-state index contributed by atoms with van der Waals surface area (Å²) in [4.78, 5) is 26.9. The number of nitrogens with zero attached hydrogens (tertiary/aromatic N) is 6. The Morgan fingerprint density at radius 2 is 0.366 bits per heavy atom. The van der Waals surface area contributed by atoms with Crippen LogP contribution in [0, 0.1) is 69.8 Å². The Kier molecular flexibility index (Phi) is 29.3. The maximum Gasteiger partial charge on any atom is 2.00 e. The van der Waals surface area contributed by atoms with Gasteiger partial charge in [-0.1, -0.05) is 73.0 Å². The van der Waals surface area contributed by atoms with Crippen LogP contribution in [-0.2, 0) is 51.2 Å². The minimum Gasteiger partial charge on any atom is -0.870 e. The molecule has 0 spiro atoms. The fourth-order valence-electron chi connectivity index (χ4n) is 11.1. The van der Waals surface area contributed by atoms with E-state index in [1.807, 2.05) is 0 Å². The Morgan fingerprint density at radius 3 is 0.484 bits per heavy atom. The molecule has 0 heterocycles. The summed E-state index contributed by atoms with van der Waals surface area (Å²) < 4.78 is 163. The van der Waals surface area contributed by atoms with Crippen molar-refractivity contribution < 1.29 is 135 Å². The van der Waals surface area contributed by atoms with Crippen LogP contribution in [0.1, 0.15) is 152 Å². The van der Waals surface area contributed by atoms with E-state index in [4.69, 9.17) is 0 Å². The van der Waals surface area contributed by atoms with E-state index in [0.717, 1.165) is 74.9 Å². The number of hydrogen-bond acceptors (Lipinski definition) is 12. The fraction of sp³-hybridized carbons (Fsp3) is 0.364. The SMILES string of the molecule is CC(=N[C@@H]1CCCC[C@H]1N=C(C)c1cc(F)cc(F)c1[O-])c1cc(F)cc(F)c1[O-].CC(=N[C@@H]1CCCC[C@H]1N=C(C)c1cc(F)cc(F)c1[O-])c1cc(F)cc(F)c1[O-].CC(=N[C@@H]1CCCC[C@H]1N=C(C)c1cc(F)cc(F)c1[O-])c1cc(F)cc(F)c1[O-].[Cu+2].[Cu+2].[Cu+2]. The van der Waals surface area contributed by atoms with Gasteiger partial charge in [-0.3, -0.25) is 30.0 Å². The molecule has 0 N–H and O–H groups in total. The van der Waals surface area contributed by atoms with E-state index in [-0.39, 0.29) is 119 Å². The fourth-order valence-corrected chi connectivity index (χ4v) is 11.1. The van der Waals surface area contributed by atoms with Crippen LogP contribution in [0.4, 0.5) is 52.7 Å². The molecule has 3 radical (unpaired) electrons. The molecule has 0 bridgehead atoms. The summed E-state index contributed by atoms with van der Waals surface area (Å²) in [6.07, 6.45) is 8.76. The second-order valence-corrected chi connectivity index (χ2v) is 22.1. The van der Waals surface area contributed by atoms with E-state index in [0.29, 0.717) is 74.9 Å². The zero-order valence-corrected chi connectivity index (χ0v) is 53.3. The molecule has 3 aliphatic carbocycles. The van der Waals surface area contributed by atoms with E-state index in [1.54, 1.807) is 0 Å². The van der Waals surface area contributed by atoms with E-state index in [9.17, 15) is 83.3 Å². The predicted octanol–water partition coefficient (Wildman–Crippen LogP) is 12.1. The molecule has 0 aliphatic heterocycles. The molecule has 93 heavy (non-hydrogen) atoms. The summed E-state index contributed by atoms with van der Waals surface area (Å²) >= 11 is 0. The Hall–Kier alpha value is -7.14. The molecule has 9 rings (SSSR count). The van der Waals surface area contributed by atoms with E-state index in [1.165, 1.54) is 41.5 Å². The summed E-state index contributed by atoms with van der Waals surface area (Å²) in [6, 6.07) is 6.41. The molecular formula is C66H60Cu3F12N6O6. The molecule has 27 heteroatoms. The van der Waals surface area contributed by atoms with Gasteiger partial charge < -0.3 is 30.6 Å². The molecule has 3 saturated carbocycles. The molecule has 0 aromatic heterocycles. The first-order chi connectivity index (χ1) is 42.5. The topological polar surface area (TPSA) is 213 Å². The van der Waals surface area contributed by atoms with Crippen molar-refractivity contribution in [2.45, 2.75) is 155 Å². The Balaban J connectivity index is 0.000000293. The van der Waals surface area contributed by atoms with Crippen LogP contribution < -0.4 is 30.6 Å². The Bertz CT molecular complexity index is 3220. The maximum atomic E-state index is 13.6. The molecule has 12 nitrogen and oxygen atoms in total. The molecule has 3 aliphatic rings.